The summed E-state index contributed by atoms with van der Waals surface area (Å²) in [4.78, 5) is 13.5. The third-order valence-electron chi connectivity index (χ3n) is 21.1. The van der Waals surface area contributed by atoms with Crippen molar-refractivity contribution in [2.75, 3.05) is 26.4 Å². The third kappa shape index (κ3) is 50.3. The number of hydrogen-bond donors (Lipinski definition) is 12. The second-order valence-electron chi connectivity index (χ2n) is 31.0. The average molecular weight is 1590 g/mol. The van der Waals surface area contributed by atoms with Gasteiger partial charge in [-0.15, -0.1) is 0 Å². The zero-order chi connectivity index (χ0) is 81.7. The molecular formula is C94H159NO18. The molecule has 3 fully saturated rings. The van der Waals surface area contributed by atoms with Gasteiger partial charge in [0.2, 0.25) is 5.91 Å². The van der Waals surface area contributed by atoms with E-state index in [2.05, 4.69) is 153 Å². The molecule has 3 aliphatic heterocycles. The van der Waals surface area contributed by atoms with Gasteiger partial charge in [-0.1, -0.05) is 333 Å². The fourth-order valence-corrected chi connectivity index (χ4v) is 14.0. The van der Waals surface area contributed by atoms with E-state index in [-0.39, 0.29) is 18.9 Å². The average Bonchev–Trinajstić information content (AvgIpc) is 0.780. The molecule has 17 atom stereocenters. The SMILES string of the molecule is CC/C=C\C/C=C\C/C=C\C/C=C\C/C=C\C/C=C\C/C=C\C/C=C\C/C=C\CCCCCCCCCC(=O)NC(COC1OC(CO)C(OC2OC(CO)C(OC3OC(CO)C(O)C(O)C3O)C(O)C2O)C(O)C1O)C(O)/C=C/CC/C=C/CC/C=C/CCCCCCCCCCCCCCCCCCCCCCCCC. The quantitative estimate of drug-likeness (QED) is 0.0199. The topological polar surface area (TPSA) is 307 Å². The number of ether oxygens (including phenoxy) is 6. The summed E-state index contributed by atoms with van der Waals surface area (Å²) in [5, 5.41) is 121. The number of amides is 1. The van der Waals surface area contributed by atoms with E-state index in [1.54, 1.807) is 6.08 Å². The monoisotopic (exact) mass is 1590 g/mol. The van der Waals surface area contributed by atoms with Crippen LogP contribution in [0.5, 0.6) is 0 Å². The Morgan fingerprint density at radius 2 is 0.619 bits per heavy atom. The van der Waals surface area contributed by atoms with Gasteiger partial charge in [0.05, 0.1) is 38.6 Å². The molecule has 12 N–H and O–H groups in total. The molecule has 17 unspecified atom stereocenters. The molecule has 19 nitrogen and oxygen atoms in total. The number of nitrogens with one attached hydrogen (secondary N) is 1. The molecule has 113 heavy (non-hydrogen) atoms. The number of carbonyl (C=O) groups is 1. The fourth-order valence-electron chi connectivity index (χ4n) is 14.0. The summed E-state index contributed by atoms with van der Waals surface area (Å²) < 4.78 is 34.5. The molecule has 3 rings (SSSR count). The van der Waals surface area contributed by atoms with Crippen molar-refractivity contribution in [1.29, 1.82) is 0 Å². The molecule has 3 heterocycles. The van der Waals surface area contributed by atoms with Crippen LogP contribution >= 0.6 is 0 Å². The lowest BCUT2D eigenvalue weighted by atomic mass is 9.96. The molecule has 0 radical (unpaired) electrons. The minimum absolute atomic E-state index is 0.209. The van der Waals surface area contributed by atoms with Crippen molar-refractivity contribution in [2.24, 2.45) is 0 Å². The first-order valence-corrected chi connectivity index (χ1v) is 44.6. The number of unbranched alkanes of at least 4 members (excludes halogenated alkanes) is 32. The summed E-state index contributed by atoms with van der Waals surface area (Å²) in [5.74, 6) is -0.304. The predicted octanol–water partition coefficient (Wildman–Crippen LogP) is 17.0. The first kappa shape index (κ1) is 103. The minimum Gasteiger partial charge on any atom is -0.394 e. The zero-order valence-electron chi connectivity index (χ0n) is 69.8. The second kappa shape index (κ2) is 71.8. The van der Waals surface area contributed by atoms with Crippen molar-refractivity contribution >= 4 is 5.91 Å². The Morgan fingerprint density at radius 3 is 0.991 bits per heavy atom. The molecule has 1 amide bonds. The van der Waals surface area contributed by atoms with Gasteiger partial charge in [-0.25, -0.2) is 0 Å². The van der Waals surface area contributed by atoms with Gasteiger partial charge in [0.25, 0.3) is 0 Å². The molecule has 3 saturated heterocycles. The Bertz CT molecular complexity index is 2610. The number of hydrogen-bond acceptors (Lipinski definition) is 18. The Kier molecular flexibility index (Phi) is 65.3. The molecule has 0 aromatic heterocycles. The molecule has 0 spiro atoms. The van der Waals surface area contributed by atoms with E-state index >= 15 is 0 Å². The van der Waals surface area contributed by atoms with Crippen molar-refractivity contribution in [3.63, 3.8) is 0 Å². The molecule has 19 heteroatoms. The molecule has 648 valence electrons. The van der Waals surface area contributed by atoms with Crippen LogP contribution in [0.15, 0.2) is 146 Å². The zero-order valence-corrected chi connectivity index (χ0v) is 69.8. The highest BCUT2D eigenvalue weighted by Gasteiger charge is 2.54. The van der Waals surface area contributed by atoms with E-state index in [0.717, 1.165) is 128 Å². The van der Waals surface area contributed by atoms with E-state index in [4.69, 9.17) is 28.4 Å². The van der Waals surface area contributed by atoms with Gasteiger partial charge < -0.3 is 89.9 Å². The lowest BCUT2D eigenvalue weighted by Crippen LogP contribution is -2.66. The molecule has 0 aromatic rings. The Balaban J connectivity index is 1.37. The predicted molar refractivity (Wildman–Crippen MR) is 456 cm³/mol. The Morgan fingerprint density at radius 1 is 0.327 bits per heavy atom. The van der Waals surface area contributed by atoms with E-state index in [1.807, 2.05) is 6.08 Å². The van der Waals surface area contributed by atoms with Crippen LogP contribution in [0, 0.1) is 0 Å². The highest BCUT2D eigenvalue weighted by molar-refractivity contribution is 5.76. The van der Waals surface area contributed by atoms with Gasteiger partial charge in [0.1, 0.15) is 73.2 Å². The number of aliphatic hydroxyl groups excluding tert-OH is 11. The van der Waals surface area contributed by atoms with Crippen LogP contribution < -0.4 is 5.32 Å². The number of aliphatic hydroxyl groups is 11. The van der Waals surface area contributed by atoms with E-state index in [1.165, 1.54) is 148 Å². The summed E-state index contributed by atoms with van der Waals surface area (Å²) in [6.45, 7) is 1.61. The van der Waals surface area contributed by atoms with Crippen LogP contribution in [0.4, 0.5) is 0 Å². The molecule has 3 aliphatic rings. The van der Waals surface area contributed by atoms with Crippen LogP contribution in [-0.4, -0.2) is 193 Å². The van der Waals surface area contributed by atoms with Gasteiger partial charge in [0.15, 0.2) is 18.9 Å². The summed E-state index contributed by atoms with van der Waals surface area (Å²) in [5.41, 5.74) is 0. The fraction of sp³-hybridized carbons (Fsp3) is 0.734. The van der Waals surface area contributed by atoms with Gasteiger partial charge in [-0.05, 0) is 116 Å². The lowest BCUT2D eigenvalue weighted by Gasteiger charge is -2.48. The highest BCUT2D eigenvalue weighted by atomic mass is 16.8. The van der Waals surface area contributed by atoms with Crippen LogP contribution in [0.3, 0.4) is 0 Å². The van der Waals surface area contributed by atoms with Crippen molar-refractivity contribution in [3.05, 3.63) is 146 Å². The van der Waals surface area contributed by atoms with Gasteiger partial charge in [-0.3, -0.25) is 4.79 Å². The van der Waals surface area contributed by atoms with Crippen LogP contribution in [0.25, 0.3) is 0 Å². The highest BCUT2D eigenvalue weighted by Crippen LogP contribution is 2.33. The summed E-state index contributed by atoms with van der Waals surface area (Å²) >= 11 is 0. The summed E-state index contributed by atoms with van der Waals surface area (Å²) in [6, 6.07) is -1.02. The second-order valence-corrected chi connectivity index (χ2v) is 31.0. The van der Waals surface area contributed by atoms with E-state index in [0.29, 0.717) is 12.8 Å². The maximum absolute atomic E-state index is 13.5. The normalized spacial score (nSPS) is 25.5. The molecule has 0 aromatic carbocycles. The Labute approximate surface area is 683 Å². The smallest absolute Gasteiger partial charge is 0.220 e. The van der Waals surface area contributed by atoms with Gasteiger partial charge >= 0.3 is 0 Å². The maximum Gasteiger partial charge on any atom is 0.220 e. The Hall–Kier alpha value is -4.33. The van der Waals surface area contributed by atoms with Gasteiger partial charge in [0, 0.05) is 6.42 Å². The molecule has 0 bridgehead atoms. The van der Waals surface area contributed by atoms with E-state index < -0.39 is 124 Å². The number of carbonyl (C=O) groups excluding carboxylic acids is 1. The van der Waals surface area contributed by atoms with Crippen molar-refractivity contribution in [2.45, 2.75) is 413 Å². The lowest BCUT2D eigenvalue weighted by molar-refractivity contribution is -0.379. The van der Waals surface area contributed by atoms with Crippen molar-refractivity contribution in [3.8, 4) is 0 Å². The molecule has 0 saturated carbocycles. The third-order valence-corrected chi connectivity index (χ3v) is 21.1. The standard InChI is InChI=1S/C94H159NO18/c1-3-5-7-9-11-13-15-17-19-21-23-25-27-29-31-33-35-37-38-40-42-44-46-48-50-52-54-56-58-60-62-64-66-68-70-72-82(100)95-77(78(99)71-69-67-65-63-61-59-57-55-53-51-49-47-45-43-41-39-36-34-32-30-28-26-24-22-20-18-16-14-12-10-8-6-4-2)76-108-92-88(106)85(103)90(80(74-97)110-92)113-94-89(107)86(104)91(81(75-98)111-94)112-93-87(105)84(102)83(101)79(73-96)109-93/h5,7,11,13,17,19,23,25,29,31,35,37,40,42,46,48,52-55,61,63,69,71,77-81,83-94,96-99,101-107H,3-4,6,8-10,12,14-16,18,20-22,24,26-28,30,32-34,36,38-39,41,43-45,47,49-51,56-60,62,64-68,70,72-76H2,1-2H3,(H,95,100)/b7-5-,13-11-,19-17-,25-23-,31-29-,37-35-,42-40-,48-46-,54-52-,55-53+,63-61+,71-69+. The number of rotatable bonds is 70. The number of allylic oxidation sites excluding steroid dienone is 23. The molecule has 0 aliphatic carbocycles. The van der Waals surface area contributed by atoms with Crippen LogP contribution in [-0.2, 0) is 33.2 Å². The van der Waals surface area contributed by atoms with Crippen molar-refractivity contribution < 1.29 is 89.4 Å². The summed E-state index contributed by atoms with van der Waals surface area (Å²) in [7, 11) is 0. The largest absolute Gasteiger partial charge is 0.394 e. The van der Waals surface area contributed by atoms with Crippen molar-refractivity contribution in [1.82, 2.24) is 5.32 Å². The molecular weight excluding hydrogens is 1430 g/mol. The summed E-state index contributed by atoms with van der Waals surface area (Å²) in [6.07, 6.45) is 78.5. The van der Waals surface area contributed by atoms with Crippen LogP contribution in [0.2, 0.25) is 0 Å². The van der Waals surface area contributed by atoms with E-state index in [9.17, 15) is 61.0 Å². The van der Waals surface area contributed by atoms with Gasteiger partial charge in [-0.2, -0.15) is 0 Å². The van der Waals surface area contributed by atoms with Crippen LogP contribution in [0.1, 0.15) is 309 Å². The first-order valence-electron chi connectivity index (χ1n) is 44.6. The first-order chi connectivity index (χ1) is 55.3. The maximum atomic E-state index is 13.5. The minimum atomic E-state index is -1.99.